The van der Waals surface area contributed by atoms with Crippen molar-refractivity contribution >= 4 is 15.9 Å². The Morgan fingerprint density at radius 1 is 1.35 bits per heavy atom. The summed E-state index contributed by atoms with van der Waals surface area (Å²) < 4.78 is 6.26. The highest BCUT2D eigenvalue weighted by Crippen LogP contribution is 2.14. The second kappa shape index (κ2) is 6.57. The summed E-state index contributed by atoms with van der Waals surface area (Å²) in [6.45, 7) is 6.66. The molecule has 0 radical (unpaired) electrons. The molecule has 4 heteroatoms. The number of likely N-dealkylation sites (tertiary alicyclic amines) is 1. The first-order valence-electron chi connectivity index (χ1n) is 6.44. The molecular formula is C13H21BrN2O. The molecule has 0 aromatic carbocycles. The Kier molecular flexibility index (Phi) is 5.07. The van der Waals surface area contributed by atoms with Crippen molar-refractivity contribution < 1.29 is 4.42 Å². The molecule has 1 aromatic rings. The Morgan fingerprint density at radius 3 is 2.76 bits per heavy atom. The van der Waals surface area contributed by atoms with Gasteiger partial charge in [-0.3, -0.25) is 4.90 Å². The number of furan rings is 1. The van der Waals surface area contributed by atoms with Crippen molar-refractivity contribution in [3.05, 3.63) is 22.6 Å². The van der Waals surface area contributed by atoms with E-state index in [1.807, 2.05) is 12.1 Å². The van der Waals surface area contributed by atoms with E-state index < -0.39 is 0 Å². The van der Waals surface area contributed by atoms with Crippen molar-refractivity contribution in [1.29, 1.82) is 0 Å². The van der Waals surface area contributed by atoms with Gasteiger partial charge in [-0.15, -0.1) is 0 Å². The summed E-state index contributed by atoms with van der Waals surface area (Å²) in [4.78, 5) is 2.58. The molecule has 96 valence electrons. The smallest absolute Gasteiger partial charge is 0.169 e. The van der Waals surface area contributed by atoms with Gasteiger partial charge in [0.2, 0.25) is 0 Å². The molecule has 1 N–H and O–H groups in total. The Hall–Kier alpha value is -0.320. The summed E-state index contributed by atoms with van der Waals surface area (Å²) in [5.41, 5.74) is 0. The fourth-order valence-corrected chi connectivity index (χ4v) is 2.68. The molecule has 1 aromatic heterocycles. The van der Waals surface area contributed by atoms with Crippen LogP contribution >= 0.6 is 15.9 Å². The number of halogens is 1. The fourth-order valence-electron chi connectivity index (χ4n) is 2.34. The molecule has 1 unspecified atom stereocenters. The molecule has 17 heavy (non-hydrogen) atoms. The van der Waals surface area contributed by atoms with E-state index in [1.165, 1.54) is 32.4 Å². The number of nitrogens with one attached hydrogen (secondary N) is 1. The van der Waals surface area contributed by atoms with E-state index >= 15 is 0 Å². The van der Waals surface area contributed by atoms with Crippen molar-refractivity contribution in [3.8, 4) is 0 Å². The third-order valence-electron chi connectivity index (χ3n) is 3.38. The lowest BCUT2D eigenvalue weighted by molar-refractivity contribution is 0.170. The molecule has 2 heterocycles. The molecule has 1 saturated heterocycles. The SMILES string of the molecule is CC(CNCc1ccc(Br)o1)N1CCCCC1. The van der Waals surface area contributed by atoms with Crippen molar-refractivity contribution in [2.24, 2.45) is 0 Å². The molecule has 1 aliphatic rings. The van der Waals surface area contributed by atoms with Gasteiger partial charge in [-0.1, -0.05) is 6.42 Å². The largest absolute Gasteiger partial charge is 0.453 e. The average molecular weight is 301 g/mol. The average Bonchev–Trinajstić information content (AvgIpc) is 2.76. The highest BCUT2D eigenvalue weighted by atomic mass is 79.9. The number of piperidine rings is 1. The van der Waals surface area contributed by atoms with Crippen LogP contribution in [0.5, 0.6) is 0 Å². The summed E-state index contributed by atoms with van der Waals surface area (Å²) >= 11 is 3.31. The molecule has 0 spiro atoms. The van der Waals surface area contributed by atoms with Crippen LogP contribution in [0.2, 0.25) is 0 Å². The fraction of sp³-hybridized carbons (Fsp3) is 0.692. The van der Waals surface area contributed by atoms with Crippen molar-refractivity contribution in [1.82, 2.24) is 10.2 Å². The number of hydrogen-bond donors (Lipinski definition) is 1. The number of rotatable bonds is 5. The van der Waals surface area contributed by atoms with Gasteiger partial charge in [-0.2, -0.15) is 0 Å². The van der Waals surface area contributed by atoms with Crippen LogP contribution in [0.15, 0.2) is 21.2 Å². The van der Waals surface area contributed by atoms with Crippen LogP contribution < -0.4 is 5.32 Å². The second-order valence-corrected chi connectivity index (χ2v) is 5.56. The molecule has 0 aliphatic carbocycles. The van der Waals surface area contributed by atoms with Gasteiger partial charge < -0.3 is 9.73 Å². The molecular weight excluding hydrogens is 280 g/mol. The summed E-state index contributed by atoms with van der Waals surface area (Å²) in [5, 5.41) is 3.46. The zero-order chi connectivity index (χ0) is 12.1. The van der Waals surface area contributed by atoms with Crippen molar-refractivity contribution in [2.75, 3.05) is 19.6 Å². The molecule has 1 atom stereocenters. The molecule has 0 bridgehead atoms. The highest BCUT2D eigenvalue weighted by molar-refractivity contribution is 9.10. The van der Waals surface area contributed by atoms with Crippen LogP contribution in [0.25, 0.3) is 0 Å². The van der Waals surface area contributed by atoms with Crippen LogP contribution in [0.1, 0.15) is 31.9 Å². The zero-order valence-electron chi connectivity index (χ0n) is 10.4. The van der Waals surface area contributed by atoms with Gasteiger partial charge in [0, 0.05) is 12.6 Å². The van der Waals surface area contributed by atoms with Crippen molar-refractivity contribution in [2.45, 2.75) is 38.8 Å². The van der Waals surface area contributed by atoms with Crippen LogP contribution in [0.4, 0.5) is 0 Å². The standard InChI is InChI=1S/C13H21BrN2O/c1-11(16-7-3-2-4-8-16)9-15-10-12-5-6-13(14)17-12/h5-6,11,15H,2-4,7-10H2,1H3. The maximum Gasteiger partial charge on any atom is 0.169 e. The second-order valence-electron chi connectivity index (χ2n) is 4.78. The van der Waals surface area contributed by atoms with E-state index in [0.29, 0.717) is 6.04 Å². The van der Waals surface area contributed by atoms with Crippen LogP contribution in [0.3, 0.4) is 0 Å². The topological polar surface area (TPSA) is 28.4 Å². The monoisotopic (exact) mass is 300 g/mol. The van der Waals surface area contributed by atoms with E-state index in [2.05, 4.69) is 33.1 Å². The van der Waals surface area contributed by atoms with Gasteiger partial charge >= 0.3 is 0 Å². The minimum Gasteiger partial charge on any atom is -0.453 e. The van der Waals surface area contributed by atoms with E-state index in [9.17, 15) is 0 Å². The first-order chi connectivity index (χ1) is 8.25. The number of hydrogen-bond acceptors (Lipinski definition) is 3. The lowest BCUT2D eigenvalue weighted by atomic mass is 10.1. The minimum absolute atomic E-state index is 0.619. The van der Waals surface area contributed by atoms with E-state index in [0.717, 1.165) is 23.5 Å². The Labute approximate surface area is 112 Å². The Bertz CT molecular complexity index is 334. The molecule has 3 nitrogen and oxygen atoms in total. The highest BCUT2D eigenvalue weighted by Gasteiger charge is 2.15. The van der Waals surface area contributed by atoms with Crippen LogP contribution in [-0.4, -0.2) is 30.6 Å². The summed E-state index contributed by atoms with van der Waals surface area (Å²) in [5.74, 6) is 0.989. The van der Waals surface area contributed by atoms with Crippen molar-refractivity contribution in [3.63, 3.8) is 0 Å². The predicted octanol–water partition coefficient (Wildman–Crippen LogP) is 3.01. The van der Waals surface area contributed by atoms with E-state index in [1.54, 1.807) is 0 Å². The van der Waals surface area contributed by atoms with Gasteiger partial charge in [0.15, 0.2) is 4.67 Å². The van der Waals surface area contributed by atoms with Crippen LogP contribution in [-0.2, 0) is 6.54 Å². The quantitative estimate of drug-likeness (QED) is 0.906. The maximum atomic E-state index is 5.45. The first-order valence-corrected chi connectivity index (χ1v) is 7.24. The van der Waals surface area contributed by atoms with Gasteiger partial charge in [-0.25, -0.2) is 0 Å². The third-order valence-corrected chi connectivity index (χ3v) is 3.81. The van der Waals surface area contributed by atoms with Gasteiger partial charge in [-0.05, 0) is 60.9 Å². The van der Waals surface area contributed by atoms with Crippen LogP contribution in [0, 0.1) is 0 Å². The normalized spacial score (nSPS) is 19.4. The zero-order valence-corrected chi connectivity index (χ0v) is 12.0. The Morgan fingerprint density at radius 2 is 2.12 bits per heavy atom. The van der Waals surface area contributed by atoms with Gasteiger partial charge in [0.1, 0.15) is 5.76 Å². The molecule has 2 rings (SSSR count). The summed E-state index contributed by atoms with van der Waals surface area (Å²) in [6, 6.07) is 4.56. The van der Waals surface area contributed by atoms with Gasteiger partial charge in [0.25, 0.3) is 0 Å². The first kappa shape index (κ1) is 13.1. The van der Waals surface area contributed by atoms with E-state index in [4.69, 9.17) is 4.42 Å². The molecule has 0 amide bonds. The molecule has 1 aliphatic heterocycles. The summed E-state index contributed by atoms with van der Waals surface area (Å²) in [7, 11) is 0. The third kappa shape index (κ3) is 4.12. The van der Waals surface area contributed by atoms with E-state index in [-0.39, 0.29) is 0 Å². The molecule has 0 saturated carbocycles. The van der Waals surface area contributed by atoms with Gasteiger partial charge in [0.05, 0.1) is 6.54 Å². The maximum absolute atomic E-state index is 5.45. The molecule has 1 fully saturated rings. The lowest BCUT2D eigenvalue weighted by Gasteiger charge is -2.32. The summed E-state index contributed by atoms with van der Waals surface area (Å²) in [6.07, 6.45) is 4.11. The predicted molar refractivity (Wildman–Crippen MR) is 73.0 cm³/mol. The lowest BCUT2D eigenvalue weighted by Crippen LogP contribution is -2.42. The number of nitrogens with zero attached hydrogens (tertiary/aromatic N) is 1. The minimum atomic E-state index is 0.619. The Balaban J connectivity index is 1.67.